The molecule has 0 amide bonds. The predicted molar refractivity (Wildman–Crippen MR) is 76.1 cm³/mol. The van der Waals surface area contributed by atoms with Crippen molar-refractivity contribution in [2.24, 2.45) is 0 Å². The first-order valence-electron chi connectivity index (χ1n) is 6.29. The Bertz CT molecular complexity index is 577. The van der Waals surface area contributed by atoms with E-state index in [1.54, 1.807) is 24.3 Å². The Hall–Kier alpha value is -2.56. The fourth-order valence-corrected chi connectivity index (χ4v) is 1.93. The summed E-state index contributed by atoms with van der Waals surface area (Å²) < 4.78 is 5.35. The van der Waals surface area contributed by atoms with Gasteiger partial charge < -0.3 is 25.8 Å². The lowest BCUT2D eigenvalue weighted by molar-refractivity contribution is 0.284. The van der Waals surface area contributed by atoms with Crippen molar-refractivity contribution < 1.29 is 20.1 Å². The summed E-state index contributed by atoms with van der Waals surface area (Å²) in [6.45, 7) is 0.718. The second-order valence-corrected chi connectivity index (χ2v) is 4.46. The largest absolute Gasteiger partial charge is 0.507 e. The van der Waals surface area contributed by atoms with Crippen LogP contribution in [0.15, 0.2) is 36.4 Å². The SMILES string of the molecule is Nc1cc(O)c2c(c1)OCCC2.Oc1ccccc1O. The van der Waals surface area contributed by atoms with Gasteiger partial charge in [0.05, 0.1) is 6.61 Å². The normalized spacial score (nSPS) is 12.6. The van der Waals surface area contributed by atoms with E-state index in [4.69, 9.17) is 20.7 Å². The zero-order valence-corrected chi connectivity index (χ0v) is 10.9. The van der Waals surface area contributed by atoms with Crippen molar-refractivity contribution in [3.05, 3.63) is 42.0 Å². The molecule has 5 nitrogen and oxygen atoms in total. The summed E-state index contributed by atoms with van der Waals surface area (Å²) in [4.78, 5) is 0. The smallest absolute Gasteiger partial charge is 0.157 e. The van der Waals surface area contributed by atoms with Crippen molar-refractivity contribution in [1.82, 2.24) is 0 Å². The van der Waals surface area contributed by atoms with E-state index in [0.29, 0.717) is 5.69 Å². The van der Waals surface area contributed by atoms with Gasteiger partial charge in [-0.2, -0.15) is 0 Å². The summed E-state index contributed by atoms with van der Waals surface area (Å²) in [6.07, 6.45) is 1.84. The van der Waals surface area contributed by atoms with Gasteiger partial charge in [-0.05, 0) is 25.0 Å². The van der Waals surface area contributed by atoms with Crippen molar-refractivity contribution in [1.29, 1.82) is 0 Å². The molecule has 0 aromatic heterocycles. The maximum absolute atomic E-state index is 9.48. The van der Waals surface area contributed by atoms with E-state index in [2.05, 4.69) is 0 Å². The Labute approximate surface area is 116 Å². The molecule has 3 rings (SSSR count). The predicted octanol–water partition coefficient (Wildman–Crippen LogP) is 2.40. The summed E-state index contributed by atoms with van der Waals surface area (Å²) in [5.74, 6) is 0.837. The van der Waals surface area contributed by atoms with Crippen LogP contribution in [0.2, 0.25) is 0 Å². The highest BCUT2D eigenvalue weighted by atomic mass is 16.5. The van der Waals surface area contributed by atoms with E-state index >= 15 is 0 Å². The summed E-state index contributed by atoms with van der Waals surface area (Å²) >= 11 is 0. The number of fused-ring (bicyclic) bond motifs is 1. The first kappa shape index (κ1) is 13.9. The minimum atomic E-state index is -0.0764. The molecule has 0 saturated carbocycles. The monoisotopic (exact) mass is 275 g/mol. The van der Waals surface area contributed by atoms with Gasteiger partial charge in [-0.15, -0.1) is 0 Å². The van der Waals surface area contributed by atoms with E-state index in [1.807, 2.05) is 0 Å². The number of hydrogen-bond acceptors (Lipinski definition) is 5. The van der Waals surface area contributed by atoms with Gasteiger partial charge in [-0.25, -0.2) is 0 Å². The van der Waals surface area contributed by atoms with Crippen molar-refractivity contribution in [3.63, 3.8) is 0 Å². The van der Waals surface area contributed by atoms with Crippen LogP contribution in [0, 0.1) is 0 Å². The van der Waals surface area contributed by atoms with Crippen LogP contribution in [0.25, 0.3) is 0 Å². The number of benzene rings is 2. The Balaban J connectivity index is 0.000000160. The van der Waals surface area contributed by atoms with Gasteiger partial charge in [0, 0.05) is 23.4 Å². The molecule has 1 aliphatic rings. The fourth-order valence-electron chi connectivity index (χ4n) is 1.93. The van der Waals surface area contributed by atoms with Gasteiger partial charge in [0.2, 0.25) is 0 Å². The van der Waals surface area contributed by atoms with E-state index < -0.39 is 0 Å². The lowest BCUT2D eigenvalue weighted by atomic mass is 10.0. The molecular formula is C15H17NO4. The Kier molecular flexibility index (Phi) is 4.20. The molecule has 0 atom stereocenters. The molecule has 0 radical (unpaired) electrons. The number of rotatable bonds is 0. The molecule has 2 aromatic rings. The van der Waals surface area contributed by atoms with Crippen LogP contribution in [-0.4, -0.2) is 21.9 Å². The standard InChI is InChI=1S/C9H11NO2.C6H6O2/c10-6-4-8(11)7-2-1-3-12-9(7)5-6;7-5-3-1-2-4-6(5)8/h4-5,11H,1-3,10H2;1-4,7-8H. The molecule has 0 saturated heterocycles. The number of para-hydroxylation sites is 2. The molecule has 0 spiro atoms. The molecule has 106 valence electrons. The van der Waals surface area contributed by atoms with Crippen LogP contribution in [0.3, 0.4) is 0 Å². The molecule has 20 heavy (non-hydrogen) atoms. The quantitative estimate of drug-likeness (QED) is 0.437. The topological polar surface area (TPSA) is 95.9 Å². The van der Waals surface area contributed by atoms with Gasteiger partial charge in [0.15, 0.2) is 11.5 Å². The molecule has 2 aromatic carbocycles. The van der Waals surface area contributed by atoms with Gasteiger partial charge in [-0.3, -0.25) is 0 Å². The zero-order valence-electron chi connectivity index (χ0n) is 10.9. The van der Waals surface area contributed by atoms with E-state index in [9.17, 15) is 5.11 Å². The van der Waals surface area contributed by atoms with Gasteiger partial charge in [0.1, 0.15) is 11.5 Å². The molecule has 0 bridgehead atoms. The molecule has 0 fully saturated rings. The number of anilines is 1. The van der Waals surface area contributed by atoms with E-state index in [0.717, 1.165) is 30.8 Å². The third kappa shape index (κ3) is 3.26. The molecule has 5 heteroatoms. The van der Waals surface area contributed by atoms with E-state index in [-0.39, 0.29) is 17.2 Å². The summed E-state index contributed by atoms with van der Waals surface area (Å²) in [5, 5.41) is 26.8. The maximum Gasteiger partial charge on any atom is 0.157 e. The average molecular weight is 275 g/mol. The lowest BCUT2D eigenvalue weighted by Crippen LogP contribution is -2.08. The Morgan fingerprint density at radius 3 is 2.20 bits per heavy atom. The van der Waals surface area contributed by atoms with Crippen molar-refractivity contribution in [2.75, 3.05) is 12.3 Å². The number of ether oxygens (including phenoxy) is 1. The number of aromatic hydroxyl groups is 3. The van der Waals surface area contributed by atoms with Gasteiger partial charge in [0.25, 0.3) is 0 Å². The highest BCUT2D eigenvalue weighted by molar-refractivity contribution is 5.56. The third-order valence-corrected chi connectivity index (χ3v) is 2.92. The van der Waals surface area contributed by atoms with Crippen LogP contribution in [0.5, 0.6) is 23.0 Å². The number of hydrogen-bond donors (Lipinski definition) is 4. The van der Waals surface area contributed by atoms with Crippen molar-refractivity contribution in [3.8, 4) is 23.0 Å². The second kappa shape index (κ2) is 6.06. The third-order valence-electron chi connectivity index (χ3n) is 2.92. The summed E-state index contributed by atoms with van der Waals surface area (Å²) in [5.41, 5.74) is 6.98. The van der Waals surface area contributed by atoms with Crippen LogP contribution in [0.4, 0.5) is 5.69 Å². The minimum absolute atomic E-state index is 0.0764. The second-order valence-electron chi connectivity index (χ2n) is 4.46. The highest BCUT2D eigenvalue weighted by Gasteiger charge is 2.14. The van der Waals surface area contributed by atoms with Crippen LogP contribution < -0.4 is 10.5 Å². The van der Waals surface area contributed by atoms with Gasteiger partial charge >= 0.3 is 0 Å². The molecule has 5 N–H and O–H groups in total. The fraction of sp³-hybridized carbons (Fsp3) is 0.200. The first-order valence-corrected chi connectivity index (χ1v) is 6.29. The maximum atomic E-state index is 9.48. The number of phenolic OH excluding ortho intramolecular Hbond substituents is 3. The lowest BCUT2D eigenvalue weighted by Gasteiger charge is -2.18. The van der Waals surface area contributed by atoms with Gasteiger partial charge in [-0.1, -0.05) is 12.1 Å². The zero-order chi connectivity index (χ0) is 14.5. The van der Waals surface area contributed by atoms with E-state index in [1.165, 1.54) is 12.1 Å². The summed E-state index contributed by atoms with van der Waals surface area (Å²) in [7, 11) is 0. The number of nitrogens with two attached hydrogens (primary N) is 1. The molecule has 0 unspecified atom stereocenters. The first-order chi connectivity index (χ1) is 9.58. The number of nitrogen functional groups attached to an aromatic ring is 1. The molecule has 1 aliphatic heterocycles. The highest BCUT2D eigenvalue weighted by Crippen LogP contribution is 2.34. The number of phenols is 3. The Morgan fingerprint density at radius 1 is 0.950 bits per heavy atom. The molecule has 1 heterocycles. The minimum Gasteiger partial charge on any atom is -0.507 e. The van der Waals surface area contributed by atoms with Crippen LogP contribution in [-0.2, 0) is 6.42 Å². The van der Waals surface area contributed by atoms with Crippen LogP contribution >= 0.6 is 0 Å². The summed E-state index contributed by atoms with van der Waals surface area (Å²) in [6, 6.07) is 9.47. The average Bonchev–Trinajstić information content (AvgIpc) is 2.43. The van der Waals surface area contributed by atoms with Crippen molar-refractivity contribution >= 4 is 5.69 Å². The van der Waals surface area contributed by atoms with Crippen molar-refractivity contribution in [2.45, 2.75) is 12.8 Å². The van der Waals surface area contributed by atoms with Crippen LogP contribution in [0.1, 0.15) is 12.0 Å². The Morgan fingerprint density at radius 2 is 1.60 bits per heavy atom. The molecule has 0 aliphatic carbocycles. The molecular weight excluding hydrogens is 258 g/mol.